The Morgan fingerprint density at radius 2 is 1.03 bits per heavy atom. The van der Waals surface area contributed by atoms with Gasteiger partial charge in [-0.25, -0.2) is 0 Å². The zero-order valence-corrected chi connectivity index (χ0v) is 29.9. The number of hydrogen-bond donors (Lipinski definition) is 1. The van der Waals surface area contributed by atoms with Crippen molar-refractivity contribution in [3.8, 4) is 0 Å². The van der Waals surface area contributed by atoms with Crippen LogP contribution in [-0.2, 0) is 17.1 Å². The number of amides is 1. The van der Waals surface area contributed by atoms with Crippen molar-refractivity contribution in [3.05, 3.63) is 12.2 Å². The van der Waals surface area contributed by atoms with Crippen LogP contribution in [0.2, 0.25) is 58.9 Å². The minimum atomic E-state index is -3.19. The molecule has 0 saturated heterocycles. The Hall–Kier alpha value is -0.0425. The summed E-state index contributed by atoms with van der Waals surface area (Å²) in [5, 5.41) is 3.28. The highest BCUT2D eigenvalue weighted by Crippen LogP contribution is 2.30. The third kappa shape index (κ3) is 17.5. The molecule has 0 rings (SSSR count). The van der Waals surface area contributed by atoms with Crippen LogP contribution in [0.1, 0.15) is 90.9 Å². The van der Waals surface area contributed by atoms with Crippen LogP contribution in [0.25, 0.3) is 0 Å². The topological polar surface area (TPSA) is 56.8 Å². The highest BCUT2D eigenvalue weighted by molar-refractivity contribution is 6.90. The second kappa shape index (κ2) is 16.8. The first kappa shape index (κ1) is 36.0. The van der Waals surface area contributed by atoms with Crippen molar-refractivity contribution in [1.29, 1.82) is 0 Å². The molecule has 0 aromatic carbocycles. The summed E-state index contributed by atoms with van der Waals surface area (Å²) in [4.78, 5) is 13.2. The maximum atomic E-state index is 13.2. The first-order valence-electron chi connectivity index (χ1n) is 14.5. The van der Waals surface area contributed by atoms with Crippen LogP contribution in [0.5, 0.6) is 0 Å². The number of hydrogen-bond acceptors (Lipinski definition) is 4. The predicted molar refractivity (Wildman–Crippen MR) is 167 cm³/mol. The molecule has 1 N–H and O–H groups in total. The van der Waals surface area contributed by atoms with Crippen LogP contribution in [0.3, 0.4) is 0 Å². The van der Waals surface area contributed by atoms with E-state index in [0.717, 1.165) is 19.3 Å². The fraction of sp³-hybridized carbons (Fsp3) is 0.889. The van der Waals surface area contributed by atoms with E-state index >= 15 is 0 Å². The van der Waals surface area contributed by atoms with E-state index in [1.165, 1.54) is 51.4 Å². The smallest absolute Gasteiger partial charge is 0.416 e. The third-order valence-electron chi connectivity index (χ3n) is 5.64. The van der Waals surface area contributed by atoms with Gasteiger partial charge < -0.3 is 17.7 Å². The van der Waals surface area contributed by atoms with Crippen molar-refractivity contribution in [3.63, 3.8) is 0 Å². The largest absolute Gasteiger partial charge is 0.493 e. The maximum Gasteiger partial charge on any atom is 0.493 e. The fourth-order valence-corrected chi connectivity index (χ4v) is 18.6. The molecule has 9 heteroatoms. The lowest BCUT2D eigenvalue weighted by Gasteiger charge is -2.46. The summed E-state index contributed by atoms with van der Waals surface area (Å²) >= 11 is 0. The monoisotopic (exact) mass is 575 g/mol. The fourth-order valence-electron chi connectivity index (χ4n) is 4.20. The van der Waals surface area contributed by atoms with Crippen LogP contribution in [0, 0.1) is 0 Å². The normalized spacial score (nSPS) is 14.1. The van der Waals surface area contributed by atoms with Gasteiger partial charge in [0.25, 0.3) is 0 Å². The standard InChI is InChI=1S/C27H61NO4Si4/c1-13-15-16-17-18-19-20-21-22-23-24-25(3)27(29)28-26(14-2)36(30-33(4,5)6,31-34(7,8)9)32-35(10,11)12/h26H,3,13-24H2,1-2,4-12H3,(H,28,29). The molecule has 214 valence electrons. The Labute approximate surface area is 229 Å². The minimum Gasteiger partial charge on any atom is -0.416 e. The summed E-state index contributed by atoms with van der Waals surface area (Å²) in [5.41, 5.74) is 0.393. The summed E-state index contributed by atoms with van der Waals surface area (Å²) in [7, 11) is -9.24. The van der Waals surface area contributed by atoms with Crippen LogP contribution in [0.15, 0.2) is 12.2 Å². The molecule has 1 atom stereocenters. The molecule has 0 heterocycles. The molecule has 5 nitrogen and oxygen atoms in total. The van der Waals surface area contributed by atoms with Crippen molar-refractivity contribution in [2.75, 3.05) is 0 Å². The molecule has 0 radical (unpaired) electrons. The second-order valence-corrected chi connectivity index (χ2v) is 30.2. The Balaban J connectivity index is 5.12. The zero-order valence-electron chi connectivity index (χ0n) is 25.9. The number of carbonyl (C=O) groups excluding carboxylic acids is 1. The van der Waals surface area contributed by atoms with Gasteiger partial charge in [-0.2, -0.15) is 0 Å². The lowest BCUT2D eigenvalue weighted by Crippen LogP contribution is -2.70. The molecule has 0 aliphatic rings. The third-order valence-corrected chi connectivity index (χ3v) is 17.8. The first-order chi connectivity index (χ1) is 16.4. The SMILES string of the molecule is C=C(CCCCCCCCCCCC)C(=O)NC(CC)[Si](O[Si](C)(C)C)(O[Si](C)(C)C)O[Si](C)(C)C. The van der Waals surface area contributed by atoms with Gasteiger partial charge in [0.1, 0.15) is 0 Å². The van der Waals surface area contributed by atoms with Crippen LogP contribution in [-0.4, -0.2) is 45.3 Å². The zero-order chi connectivity index (χ0) is 28.0. The van der Waals surface area contributed by atoms with Gasteiger partial charge in [-0.1, -0.05) is 78.2 Å². The summed E-state index contributed by atoms with van der Waals surface area (Å²) in [6.45, 7) is 28.1. The number of unbranched alkanes of at least 4 members (excludes halogenated alkanes) is 9. The summed E-state index contributed by atoms with van der Waals surface area (Å²) in [5.74, 6) is -0.0767. The van der Waals surface area contributed by atoms with Gasteiger partial charge in [0, 0.05) is 5.57 Å². The van der Waals surface area contributed by atoms with Crippen molar-refractivity contribution < 1.29 is 17.1 Å². The molecule has 1 unspecified atom stereocenters. The average molecular weight is 576 g/mol. The van der Waals surface area contributed by atoms with Crippen molar-refractivity contribution in [2.45, 2.75) is 155 Å². The lowest BCUT2D eigenvalue weighted by atomic mass is 10.0. The quantitative estimate of drug-likeness (QED) is 0.0844. The van der Waals surface area contributed by atoms with Gasteiger partial charge in [0.2, 0.25) is 5.91 Å². The van der Waals surface area contributed by atoms with E-state index in [1.807, 2.05) is 0 Å². The Kier molecular flexibility index (Phi) is 16.8. The maximum absolute atomic E-state index is 13.2. The van der Waals surface area contributed by atoms with E-state index in [1.54, 1.807) is 0 Å². The Morgan fingerprint density at radius 1 is 0.667 bits per heavy atom. The van der Waals surface area contributed by atoms with Crippen LogP contribution < -0.4 is 5.32 Å². The minimum absolute atomic E-state index is 0.0767. The molecule has 36 heavy (non-hydrogen) atoms. The van der Waals surface area contributed by atoms with Crippen LogP contribution in [0.4, 0.5) is 0 Å². The second-order valence-electron chi connectivity index (χ2n) is 13.2. The molecule has 0 aliphatic carbocycles. The van der Waals surface area contributed by atoms with Gasteiger partial charge in [-0.15, -0.1) is 0 Å². The summed E-state index contributed by atoms with van der Waals surface area (Å²) in [6, 6.07) is 0. The van der Waals surface area contributed by atoms with Gasteiger partial charge in [-0.3, -0.25) is 4.79 Å². The van der Waals surface area contributed by atoms with E-state index in [4.69, 9.17) is 12.3 Å². The molecular weight excluding hydrogens is 515 g/mol. The average Bonchev–Trinajstić information content (AvgIpc) is 2.68. The van der Waals surface area contributed by atoms with Gasteiger partial charge >= 0.3 is 8.80 Å². The highest BCUT2D eigenvalue weighted by Gasteiger charge is 2.56. The number of rotatable bonds is 21. The Morgan fingerprint density at radius 3 is 1.36 bits per heavy atom. The lowest BCUT2D eigenvalue weighted by molar-refractivity contribution is -0.118. The molecular formula is C27H61NO4Si4. The number of carbonyl (C=O) groups is 1. The highest BCUT2D eigenvalue weighted by atomic mass is 28.5. The molecule has 0 bridgehead atoms. The van der Waals surface area contributed by atoms with Crippen molar-refractivity contribution in [1.82, 2.24) is 5.32 Å². The van der Waals surface area contributed by atoms with Gasteiger partial charge in [-0.05, 0) is 78.2 Å². The van der Waals surface area contributed by atoms with Gasteiger partial charge in [0.05, 0.1) is 5.67 Å². The molecule has 1 amide bonds. The summed E-state index contributed by atoms with van der Waals surface area (Å²) in [6.07, 6.45) is 14.3. The van der Waals surface area contributed by atoms with Crippen molar-refractivity contribution >= 4 is 39.7 Å². The first-order valence-corrected chi connectivity index (χ1v) is 26.6. The van der Waals surface area contributed by atoms with E-state index in [-0.39, 0.29) is 11.6 Å². The molecule has 0 fully saturated rings. The van der Waals surface area contributed by atoms with Crippen LogP contribution >= 0.6 is 0 Å². The molecule has 0 saturated carbocycles. The summed E-state index contributed by atoms with van der Waals surface area (Å²) < 4.78 is 20.5. The van der Waals surface area contributed by atoms with Crippen molar-refractivity contribution in [2.24, 2.45) is 0 Å². The van der Waals surface area contributed by atoms with Gasteiger partial charge in [0.15, 0.2) is 25.0 Å². The molecule has 0 spiro atoms. The van der Waals surface area contributed by atoms with E-state index in [9.17, 15) is 4.79 Å². The molecule has 0 aromatic heterocycles. The predicted octanol–water partition coefficient (Wildman–Crippen LogP) is 8.78. The van der Waals surface area contributed by atoms with E-state index in [2.05, 4.69) is 84.7 Å². The molecule has 0 aliphatic heterocycles. The number of nitrogens with one attached hydrogen (secondary N) is 1. The van der Waals surface area contributed by atoms with E-state index < -0.39 is 33.8 Å². The Bertz CT molecular complexity index is 598. The molecule has 0 aromatic rings. The van der Waals surface area contributed by atoms with E-state index in [0.29, 0.717) is 12.0 Å².